The third kappa shape index (κ3) is 5.15. The van der Waals surface area contributed by atoms with Gasteiger partial charge < -0.3 is 19.9 Å². The molecule has 1 saturated heterocycles. The Hall–Kier alpha value is -2.25. The van der Waals surface area contributed by atoms with E-state index >= 15 is 0 Å². The number of piperidine rings is 1. The van der Waals surface area contributed by atoms with Gasteiger partial charge >= 0.3 is 0 Å². The minimum Gasteiger partial charge on any atom is -0.487 e. The maximum Gasteiger partial charge on any atom is 0.175 e. The van der Waals surface area contributed by atoms with Crippen LogP contribution in [-0.4, -0.2) is 58.4 Å². The lowest BCUT2D eigenvalue weighted by molar-refractivity contribution is 0.208. The van der Waals surface area contributed by atoms with E-state index in [9.17, 15) is 8.42 Å². The van der Waals surface area contributed by atoms with Crippen LogP contribution in [0.3, 0.4) is 0 Å². The van der Waals surface area contributed by atoms with Gasteiger partial charge in [0.15, 0.2) is 15.6 Å². The predicted octanol–water partition coefficient (Wildman–Crippen LogP) is 4.11. The molecule has 6 nitrogen and oxygen atoms in total. The molecule has 1 fully saturated rings. The standard InChI is InChI=1S/C24H32N3O3S/c1-18(2)17-26-13-11-20(12-14-26)27-15-16-30-24-22(5-4-6-23(24)27)25-19-7-9-21(10-8-19)31(3,28)29/h4-10,20,25H,11-17H2,1-3H3. The van der Waals surface area contributed by atoms with Crippen LogP contribution in [-0.2, 0) is 9.84 Å². The zero-order valence-corrected chi connectivity index (χ0v) is 19.4. The molecule has 2 aliphatic rings. The van der Waals surface area contributed by atoms with Crippen molar-refractivity contribution in [3.63, 3.8) is 0 Å². The summed E-state index contributed by atoms with van der Waals surface area (Å²) < 4.78 is 29.5. The maximum absolute atomic E-state index is 11.7. The van der Waals surface area contributed by atoms with Crippen molar-refractivity contribution in [2.24, 2.45) is 0 Å². The van der Waals surface area contributed by atoms with Crippen molar-refractivity contribution in [3.8, 4) is 5.75 Å². The molecule has 0 bridgehead atoms. The number of hydrogen-bond acceptors (Lipinski definition) is 6. The van der Waals surface area contributed by atoms with Crippen LogP contribution < -0.4 is 15.0 Å². The van der Waals surface area contributed by atoms with Gasteiger partial charge in [0.25, 0.3) is 0 Å². The van der Waals surface area contributed by atoms with E-state index in [1.165, 1.54) is 12.2 Å². The molecular weight excluding hydrogens is 410 g/mol. The molecule has 2 aromatic rings. The van der Waals surface area contributed by atoms with Gasteiger partial charge in [0, 0.05) is 37.6 Å². The molecule has 0 aliphatic carbocycles. The maximum atomic E-state index is 11.7. The molecule has 0 amide bonds. The van der Waals surface area contributed by atoms with Gasteiger partial charge in [-0.1, -0.05) is 19.9 Å². The molecule has 2 aliphatic heterocycles. The Morgan fingerprint density at radius 3 is 2.42 bits per heavy atom. The molecule has 4 rings (SSSR count). The molecule has 1 N–H and O–H groups in total. The van der Waals surface area contributed by atoms with Crippen molar-refractivity contribution in [3.05, 3.63) is 48.4 Å². The van der Waals surface area contributed by atoms with E-state index in [4.69, 9.17) is 4.74 Å². The molecule has 0 saturated carbocycles. The van der Waals surface area contributed by atoms with E-state index in [2.05, 4.69) is 41.1 Å². The van der Waals surface area contributed by atoms with Crippen LogP contribution in [0, 0.1) is 5.92 Å². The van der Waals surface area contributed by atoms with Gasteiger partial charge in [-0.3, -0.25) is 0 Å². The average Bonchev–Trinajstić information content (AvgIpc) is 2.74. The van der Waals surface area contributed by atoms with E-state index in [0.29, 0.717) is 17.5 Å². The van der Waals surface area contributed by atoms with Crippen molar-refractivity contribution in [2.45, 2.75) is 37.6 Å². The van der Waals surface area contributed by atoms with Gasteiger partial charge in [0.05, 0.1) is 22.8 Å². The number of benzene rings is 2. The van der Waals surface area contributed by atoms with E-state index < -0.39 is 9.84 Å². The normalized spacial score (nSPS) is 18.0. The molecular formula is C24H32N3O3S. The van der Waals surface area contributed by atoms with E-state index in [1.54, 1.807) is 24.3 Å². The molecule has 0 aromatic heterocycles. The number of likely N-dealkylation sites (tertiary alicyclic amines) is 1. The fourth-order valence-corrected chi connectivity index (χ4v) is 5.15. The summed E-state index contributed by atoms with van der Waals surface area (Å²) in [4.78, 5) is 5.37. The third-order valence-corrected chi connectivity index (χ3v) is 7.11. The van der Waals surface area contributed by atoms with Crippen LogP contribution >= 0.6 is 0 Å². The van der Waals surface area contributed by atoms with Crippen molar-refractivity contribution in [1.29, 1.82) is 0 Å². The second kappa shape index (κ2) is 9.09. The lowest BCUT2D eigenvalue weighted by atomic mass is 10.00. The van der Waals surface area contributed by atoms with Gasteiger partial charge in [-0.15, -0.1) is 0 Å². The Morgan fingerprint density at radius 1 is 1.06 bits per heavy atom. The number of sulfone groups is 1. The summed E-state index contributed by atoms with van der Waals surface area (Å²) in [5.41, 5.74) is 2.88. The van der Waals surface area contributed by atoms with Crippen molar-refractivity contribution in [1.82, 2.24) is 4.90 Å². The highest BCUT2D eigenvalue weighted by molar-refractivity contribution is 7.90. The zero-order chi connectivity index (χ0) is 22.0. The number of para-hydroxylation sites is 1. The minimum absolute atomic E-state index is 0.317. The van der Waals surface area contributed by atoms with Gasteiger partial charge in [-0.05, 0) is 55.2 Å². The highest BCUT2D eigenvalue weighted by atomic mass is 32.2. The summed E-state index contributed by atoms with van der Waals surface area (Å²) in [5.74, 6) is 2.34. The summed E-state index contributed by atoms with van der Waals surface area (Å²) in [7, 11) is -3.20. The predicted molar refractivity (Wildman–Crippen MR) is 126 cm³/mol. The van der Waals surface area contributed by atoms with Crippen LogP contribution in [0.25, 0.3) is 0 Å². The lowest BCUT2D eigenvalue weighted by Crippen LogP contribution is -2.48. The third-order valence-electron chi connectivity index (χ3n) is 5.98. The highest BCUT2D eigenvalue weighted by Gasteiger charge is 2.30. The Bertz CT molecular complexity index is 997. The Kier molecular flexibility index (Phi) is 6.44. The number of nitrogens with zero attached hydrogens (tertiary/aromatic N) is 2. The number of hydrogen-bond donors (Lipinski definition) is 1. The quantitative estimate of drug-likeness (QED) is 0.726. The van der Waals surface area contributed by atoms with Crippen LogP contribution in [0.4, 0.5) is 17.1 Å². The monoisotopic (exact) mass is 442 g/mol. The summed E-state index contributed by atoms with van der Waals surface area (Å²) in [6.07, 6.45) is 3.55. The number of fused-ring (bicyclic) bond motifs is 1. The first-order chi connectivity index (χ1) is 14.8. The highest BCUT2D eigenvalue weighted by Crippen LogP contribution is 2.41. The number of ether oxygens (including phenoxy) is 1. The lowest BCUT2D eigenvalue weighted by Gasteiger charge is -2.42. The van der Waals surface area contributed by atoms with Gasteiger partial charge in [0.1, 0.15) is 6.61 Å². The zero-order valence-electron chi connectivity index (χ0n) is 18.6. The first kappa shape index (κ1) is 22.0. The number of anilines is 3. The first-order valence-electron chi connectivity index (χ1n) is 10.9. The molecule has 0 atom stereocenters. The second-order valence-corrected chi connectivity index (χ2v) is 10.8. The molecule has 0 unspecified atom stereocenters. The van der Waals surface area contributed by atoms with Crippen molar-refractivity contribution < 1.29 is 13.2 Å². The smallest absolute Gasteiger partial charge is 0.175 e. The molecule has 0 spiro atoms. The van der Waals surface area contributed by atoms with Crippen LogP contribution in [0.2, 0.25) is 0 Å². The van der Waals surface area contributed by atoms with E-state index in [-0.39, 0.29) is 0 Å². The Morgan fingerprint density at radius 2 is 1.77 bits per heavy atom. The van der Waals surface area contributed by atoms with E-state index in [1.807, 2.05) is 6.07 Å². The SMILES string of the molecule is C[C](C)CN1CCC(N2CCOc3c(Nc4ccc(S(C)(=O)=O)cc4)cccc32)CC1. The first-order valence-corrected chi connectivity index (χ1v) is 12.8. The largest absolute Gasteiger partial charge is 0.487 e. The van der Waals surface area contributed by atoms with Crippen molar-refractivity contribution >= 4 is 26.9 Å². The summed E-state index contributed by atoms with van der Waals surface area (Å²) in [5, 5.41) is 3.41. The molecule has 1 radical (unpaired) electrons. The van der Waals surface area contributed by atoms with Crippen LogP contribution in [0.15, 0.2) is 47.4 Å². The molecule has 2 aromatic carbocycles. The van der Waals surface area contributed by atoms with Crippen molar-refractivity contribution in [2.75, 3.05) is 49.3 Å². The summed E-state index contributed by atoms with van der Waals surface area (Å²) in [6.45, 7) is 9.34. The summed E-state index contributed by atoms with van der Waals surface area (Å²) >= 11 is 0. The van der Waals surface area contributed by atoms with Gasteiger partial charge in [-0.25, -0.2) is 8.42 Å². The molecule has 31 heavy (non-hydrogen) atoms. The minimum atomic E-state index is -3.20. The fraction of sp³-hybridized carbons (Fsp3) is 0.458. The fourth-order valence-electron chi connectivity index (χ4n) is 4.52. The summed E-state index contributed by atoms with van der Waals surface area (Å²) in [6, 6.07) is 13.6. The topological polar surface area (TPSA) is 61.9 Å². The Balaban J connectivity index is 1.50. The van der Waals surface area contributed by atoms with Crippen LogP contribution in [0.1, 0.15) is 26.7 Å². The number of rotatable bonds is 6. The second-order valence-electron chi connectivity index (χ2n) is 8.83. The average molecular weight is 443 g/mol. The van der Waals surface area contributed by atoms with E-state index in [0.717, 1.165) is 61.8 Å². The van der Waals surface area contributed by atoms with Gasteiger partial charge in [-0.2, -0.15) is 0 Å². The molecule has 2 heterocycles. The van der Waals surface area contributed by atoms with Crippen LogP contribution in [0.5, 0.6) is 5.75 Å². The van der Waals surface area contributed by atoms with Gasteiger partial charge in [0.2, 0.25) is 0 Å². The molecule has 7 heteroatoms. The Labute approximate surface area is 186 Å². The number of nitrogens with one attached hydrogen (secondary N) is 1. The molecule has 167 valence electrons.